The number of ether oxygens (including phenoxy) is 1. The first kappa shape index (κ1) is 23.8. The first-order valence-corrected chi connectivity index (χ1v) is 4.74. The molecular formula is C10H15Cl3O2. The average Bonchev–Trinajstić information content (AvgIpc) is 2.07. The Kier molecular flexibility index (Phi) is 60.0. The second-order valence-corrected chi connectivity index (χ2v) is 2.16. The van der Waals surface area contributed by atoms with E-state index in [1.807, 2.05) is 0 Å². The minimum Gasteiger partial charge on any atom is -0.435 e. The molecule has 0 aliphatic carbocycles. The first-order valence-electron chi connectivity index (χ1n) is 3.43. The van der Waals surface area contributed by atoms with Crippen LogP contribution >= 0.6 is 34.8 Å². The number of carbonyl (C=O) groups excluding carboxylic acids is 1. The van der Waals surface area contributed by atoms with Gasteiger partial charge in [0.05, 0.1) is 6.26 Å². The highest BCUT2D eigenvalue weighted by Gasteiger charge is 1.79. The van der Waals surface area contributed by atoms with Crippen molar-refractivity contribution in [3.05, 3.63) is 49.2 Å². The van der Waals surface area contributed by atoms with Crippen molar-refractivity contribution in [1.82, 2.24) is 0 Å². The normalized spacial score (nSPS) is 5.33. The molecule has 0 aliphatic rings. The predicted octanol–water partition coefficient (Wildman–Crippen LogP) is 4.80. The van der Waals surface area contributed by atoms with Gasteiger partial charge in [-0.3, -0.25) is 4.79 Å². The van der Waals surface area contributed by atoms with Crippen molar-refractivity contribution in [3.63, 3.8) is 0 Å². The van der Waals surface area contributed by atoms with Crippen LogP contribution < -0.4 is 0 Å². The molecule has 15 heavy (non-hydrogen) atoms. The summed E-state index contributed by atoms with van der Waals surface area (Å²) in [5.41, 5.74) is 3.67. The molecule has 88 valence electrons. The zero-order valence-corrected chi connectivity index (χ0v) is 10.9. The zero-order chi connectivity index (χ0) is 13.1. The summed E-state index contributed by atoms with van der Waals surface area (Å²) in [7, 11) is 0. The number of esters is 1. The van der Waals surface area contributed by atoms with E-state index >= 15 is 0 Å². The lowest BCUT2D eigenvalue weighted by molar-refractivity contribution is -0.135. The van der Waals surface area contributed by atoms with E-state index in [1.54, 1.807) is 0 Å². The Hall–Kier alpha value is -0.700. The Labute approximate surface area is 106 Å². The molecule has 0 saturated carbocycles. The van der Waals surface area contributed by atoms with Gasteiger partial charge in [-0.15, -0.1) is 0 Å². The summed E-state index contributed by atoms with van der Waals surface area (Å²) < 4.78 is 4.17. The number of halogens is 3. The minimum absolute atomic E-state index is 0.329. The lowest BCUT2D eigenvalue weighted by atomic mass is 10.8. The fraction of sp³-hybridized carbons (Fsp3) is 0.100. The maximum atomic E-state index is 9.75. The fourth-order valence-corrected chi connectivity index (χ4v) is 0.117. The second kappa shape index (κ2) is 37.8. The Morgan fingerprint density at radius 2 is 1.20 bits per heavy atom. The maximum Gasteiger partial charge on any atom is 0.307 e. The van der Waals surface area contributed by atoms with Gasteiger partial charge in [-0.1, -0.05) is 61.1 Å². The summed E-state index contributed by atoms with van der Waals surface area (Å²) in [6.45, 7) is 13.9. The molecule has 0 heterocycles. The van der Waals surface area contributed by atoms with Gasteiger partial charge >= 0.3 is 5.97 Å². The maximum absolute atomic E-state index is 9.75. The third-order valence-corrected chi connectivity index (χ3v) is 0.249. The van der Waals surface area contributed by atoms with Gasteiger partial charge in [-0.2, -0.15) is 0 Å². The van der Waals surface area contributed by atoms with Crippen molar-refractivity contribution in [2.75, 3.05) is 0 Å². The Bertz CT molecular complexity index is 154. The van der Waals surface area contributed by atoms with Crippen molar-refractivity contribution in [2.24, 2.45) is 0 Å². The molecular weight excluding hydrogens is 258 g/mol. The highest BCUT2D eigenvalue weighted by atomic mass is 35.5. The minimum atomic E-state index is -0.329. The second-order valence-electron chi connectivity index (χ2n) is 1.24. The van der Waals surface area contributed by atoms with Gasteiger partial charge in [-0.25, -0.2) is 0 Å². The van der Waals surface area contributed by atoms with E-state index in [9.17, 15) is 4.79 Å². The molecule has 0 spiro atoms. The van der Waals surface area contributed by atoms with Crippen LogP contribution in [0.5, 0.6) is 0 Å². The molecule has 0 rings (SSSR count). The van der Waals surface area contributed by atoms with Crippen LogP contribution in [-0.2, 0) is 9.53 Å². The van der Waals surface area contributed by atoms with Gasteiger partial charge in [0, 0.05) is 6.92 Å². The van der Waals surface area contributed by atoms with Crippen LogP contribution in [0.3, 0.4) is 0 Å². The largest absolute Gasteiger partial charge is 0.435 e. The summed E-state index contributed by atoms with van der Waals surface area (Å²) in [5, 5.41) is 0. The SMILES string of the molecule is C=CCl.C=CCl.C=CCl.C=COC(C)=O. The number of rotatable bonds is 1. The summed E-state index contributed by atoms with van der Waals surface area (Å²) >= 11 is 14.3. The molecule has 0 aromatic carbocycles. The van der Waals surface area contributed by atoms with Gasteiger partial charge in [0.25, 0.3) is 0 Å². The standard InChI is InChI=1S/C4H6O2.3C2H3Cl/c1-3-6-4(2)5;3*1-2-3/h3H,1H2,2H3;3*2H,1H2. The molecule has 0 aliphatic heterocycles. The van der Waals surface area contributed by atoms with Crippen molar-refractivity contribution >= 4 is 40.8 Å². The zero-order valence-electron chi connectivity index (χ0n) is 8.59. The molecule has 0 radical (unpaired) electrons. The van der Waals surface area contributed by atoms with Crippen LogP contribution in [0.2, 0.25) is 0 Å². The molecule has 0 bridgehead atoms. The van der Waals surface area contributed by atoms with Crippen molar-refractivity contribution in [2.45, 2.75) is 6.92 Å². The van der Waals surface area contributed by atoms with Crippen LogP contribution in [0.15, 0.2) is 49.2 Å². The number of hydrogen-bond donors (Lipinski definition) is 0. The third kappa shape index (κ3) is 321. The van der Waals surface area contributed by atoms with E-state index in [-0.39, 0.29) is 5.97 Å². The summed E-state index contributed by atoms with van der Waals surface area (Å²) in [6, 6.07) is 0. The van der Waals surface area contributed by atoms with Crippen LogP contribution in [0.1, 0.15) is 6.92 Å². The van der Waals surface area contributed by atoms with Gasteiger partial charge in [0.2, 0.25) is 0 Å². The molecule has 2 nitrogen and oxygen atoms in total. The van der Waals surface area contributed by atoms with E-state index in [2.05, 4.69) is 31.1 Å². The first-order chi connectivity index (χ1) is 7.01. The smallest absolute Gasteiger partial charge is 0.307 e. The lowest BCUT2D eigenvalue weighted by Crippen LogP contribution is -1.87. The molecule has 0 fully saturated rings. The molecule has 0 unspecified atom stereocenters. The highest BCUT2D eigenvalue weighted by Crippen LogP contribution is 1.70. The summed E-state index contributed by atoms with van der Waals surface area (Å²) in [5.74, 6) is -0.329. The van der Waals surface area contributed by atoms with E-state index in [0.29, 0.717) is 0 Å². The molecule has 0 saturated heterocycles. The fourth-order valence-electron chi connectivity index (χ4n) is 0.117. The Morgan fingerprint density at radius 3 is 1.20 bits per heavy atom. The van der Waals surface area contributed by atoms with Crippen LogP contribution in [0, 0.1) is 0 Å². The van der Waals surface area contributed by atoms with E-state index < -0.39 is 0 Å². The number of hydrogen-bond acceptors (Lipinski definition) is 2. The molecule has 0 N–H and O–H groups in total. The monoisotopic (exact) mass is 272 g/mol. The Balaban J connectivity index is -0.0000000581. The predicted molar refractivity (Wildman–Crippen MR) is 70.1 cm³/mol. The third-order valence-electron chi connectivity index (χ3n) is 0.249. The van der Waals surface area contributed by atoms with E-state index in [4.69, 9.17) is 34.8 Å². The van der Waals surface area contributed by atoms with E-state index in [0.717, 1.165) is 6.26 Å². The van der Waals surface area contributed by atoms with Gasteiger partial charge in [0.15, 0.2) is 0 Å². The molecule has 0 aromatic rings. The Morgan fingerprint density at radius 1 is 1.00 bits per heavy atom. The molecule has 0 amide bonds. The average molecular weight is 274 g/mol. The van der Waals surface area contributed by atoms with Crippen LogP contribution in [-0.4, -0.2) is 5.97 Å². The van der Waals surface area contributed by atoms with Crippen molar-refractivity contribution < 1.29 is 9.53 Å². The van der Waals surface area contributed by atoms with Crippen LogP contribution in [0.4, 0.5) is 0 Å². The van der Waals surface area contributed by atoms with Gasteiger partial charge < -0.3 is 4.74 Å². The topological polar surface area (TPSA) is 26.3 Å². The van der Waals surface area contributed by atoms with Crippen molar-refractivity contribution in [1.29, 1.82) is 0 Å². The highest BCUT2D eigenvalue weighted by molar-refractivity contribution is 6.25. The summed E-state index contributed by atoms with van der Waals surface area (Å²) in [4.78, 5) is 9.75. The van der Waals surface area contributed by atoms with Gasteiger partial charge in [-0.05, 0) is 16.6 Å². The molecule has 0 aromatic heterocycles. The molecule has 5 heteroatoms. The van der Waals surface area contributed by atoms with Gasteiger partial charge in [0.1, 0.15) is 0 Å². The van der Waals surface area contributed by atoms with Crippen LogP contribution in [0.25, 0.3) is 0 Å². The quantitative estimate of drug-likeness (QED) is 0.507. The van der Waals surface area contributed by atoms with Crippen molar-refractivity contribution in [3.8, 4) is 0 Å². The summed E-state index contributed by atoms with van der Waals surface area (Å²) in [6.07, 6.45) is 1.10. The number of carbonyl (C=O) groups is 1. The lowest BCUT2D eigenvalue weighted by Gasteiger charge is -1.83. The molecule has 0 atom stereocenters. The van der Waals surface area contributed by atoms with E-state index in [1.165, 1.54) is 23.5 Å².